The number of nitrogens with zero attached hydrogens (tertiary/aromatic N) is 4. The Morgan fingerprint density at radius 2 is 1.78 bits per heavy atom. The maximum Gasteiger partial charge on any atom is 0.123 e. The molecule has 0 aromatic carbocycles. The molecular formula is C18H26N4O. The van der Waals surface area contributed by atoms with E-state index in [2.05, 4.69) is 26.0 Å². The molecule has 5 heteroatoms. The highest BCUT2D eigenvalue weighted by molar-refractivity contribution is 5.91. The van der Waals surface area contributed by atoms with Gasteiger partial charge in [0.15, 0.2) is 0 Å². The lowest BCUT2D eigenvalue weighted by molar-refractivity contribution is -0.179. The predicted octanol–water partition coefficient (Wildman–Crippen LogP) is 1.23. The molecule has 5 nitrogen and oxygen atoms in total. The van der Waals surface area contributed by atoms with E-state index < -0.39 is 0 Å². The van der Waals surface area contributed by atoms with Gasteiger partial charge in [-0.15, -0.1) is 0 Å². The first kappa shape index (κ1) is 14.3. The quantitative estimate of drug-likeness (QED) is 0.736. The Kier molecular flexibility index (Phi) is 2.94. The van der Waals surface area contributed by atoms with E-state index in [1.807, 2.05) is 6.92 Å². The third-order valence-corrected chi connectivity index (χ3v) is 7.00. The maximum absolute atomic E-state index is 10.8. The van der Waals surface area contributed by atoms with Crippen LogP contribution < -0.4 is 0 Å². The SMILES string of the molecule is CC1=NCC(N2CC3(C2)CN(C2CC4(CC(C=O)C4)C2)C3)C=N1. The first-order valence-electron chi connectivity index (χ1n) is 9.07. The standard InChI is InChI=1S/C18H26N4O/c1-13-19-6-16(7-20-13)22-11-18(12-22)9-21(10-18)15-4-17(5-15)2-14(3-17)8-23/h6,8,14-16H,2-5,7,9-12H2,1H3. The van der Waals surface area contributed by atoms with Crippen molar-refractivity contribution < 1.29 is 4.79 Å². The van der Waals surface area contributed by atoms with E-state index in [1.54, 1.807) is 0 Å². The lowest BCUT2D eigenvalue weighted by Gasteiger charge is -2.67. The van der Waals surface area contributed by atoms with Crippen LogP contribution in [0, 0.1) is 16.7 Å². The smallest absolute Gasteiger partial charge is 0.123 e. The fourth-order valence-electron chi connectivity index (χ4n) is 5.72. The fourth-order valence-corrected chi connectivity index (χ4v) is 5.72. The van der Waals surface area contributed by atoms with E-state index >= 15 is 0 Å². The van der Waals surface area contributed by atoms with Gasteiger partial charge in [-0.2, -0.15) is 0 Å². The summed E-state index contributed by atoms with van der Waals surface area (Å²) in [4.78, 5) is 24.8. The second-order valence-electron chi connectivity index (χ2n) is 8.91. The average Bonchev–Trinajstić information content (AvgIpc) is 2.37. The van der Waals surface area contributed by atoms with E-state index in [9.17, 15) is 4.79 Å². The maximum atomic E-state index is 10.8. The Balaban J connectivity index is 1.06. The van der Waals surface area contributed by atoms with Crippen molar-refractivity contribution in [2.45, 2.75) is 44.7 Å². The second kappa shape index (κ2) is 4.73. The molecule has 1 unspecified atom stereocenters. The molecule has 0 N–H and O–H groups in total. The van der Waals surface area contributed by atoms with Crippen LogP contribution in [0.5, 0.6) is 0 Å². The zero-order valence-corrected chi connectivity index (χ0v) is 13.9. The minimum Gasteiger partial charge on any atom is -0.303 e. The van der Waals surface area contributed by atoms with Crippen LogP contribution in [0.1, 0.15) is 32.6 Å². The van der Waals surface area contributed by atoms with E-state index in [-0.39, 0.29) is 0 Å². The van der Waals surface area contributed by atoms with Crippen LogP contribution in [0.3, 0.4) is 0 Å². The summed E-state index contributed by atoms with van der Waals surface area (Å²) in [5, 5.41) is 0. The Morgan fingerprint density at radius 1 is 1.09 bits per heavy atom. The number of carbonyl (C=O) groups excluding carboxylic acids is 1. The Bertz CT molecular complexity index is 570. The van der Waals surface area contributed by atoms with Crippen molar-refractivity contribution in [3.63, 3.8) is 0 Å². The summed E-state index contributed by atoms with van der Waals surface area (Å²) >= 11 is 0. The predicted molar refractivity (Wildman–Crippen MR) is 90.1 cm³/mol. The molecule has 5 aliphatic rings. The molecule has 2 saturated heterocycles. The second-order valence-corrected chi connectivity index (χ2v) is 8.91. The molecule has 2 aliphatic carbocycles. The Labute approximate surface area is 137 Å². The summed E-state index contributed by atoms with van der Waals surface area (Å²) in [6.45, 7) is 7.87. The molecule has 0 radical (unpaired) electrons. The van der Waals surface area contributed by atoms with Gasteiger partial charge in [0.05, 0.1) is 12.6 Å². The van der Waals surface area contributed by atoms with Gasteiger partial charge in [-0.3, -0.25) is 14.8 Å². The third kappa shape index (κ3) is 2.16. The Hall–Kier alpha value is -1.07. The molecule has 23 heavy (non-hydrogen) atoms. The molecule has 124 valence electrons. The highest BCUT2D eigenvalue weighted by Crippen LogP contribution is 2.60. The van der Waals surface area contributed by atoms with Gasteiger partial charge in [-0.25, -0.2) is 4.99 Å². The van der Waals surface area contributed by atoms with Gasteiger partial charge in [0.25, 0.3) is 0 Å². The number of likely N-dealkylation sites (tertiary alicyclic amines) is 2. The van der Waals surface area contributed by atoms with Crippen molar-refractivity contribution in [3.8, 4) is 0 Å². The van der Waals surface area contributed by atoms with Gasteiger partial charge >= 0.3 is 0 Å². The van der Waals surface area contributed by atoms with Crippen LogP contribution in [0.4, 0.5) is 0 Å². The van der Waals surface area contributed by atoms with E-state index in [1.165, 1.54) is 58.1 Å². The van der Waals surface area contributed by atoms with E-state index in [0.717, 1.165) is 18.4 Å². The van der Waals surface area contributed by atoms with Crippen molar-refractivity contribution in [2.24, 2.45) is 26.7 Å². The molecule has 0 bridgehead atoms. The highest BCUT2D eigenvalue weighted by Gasteiger charge is 2.60. The van der Waals surface area contributed by atoms with Crippen LogP contribution in [0.25, 0.3) is 0 Å². The van der Waals surface area contributed by atoms with Crippen molar-refractivity contribution in [3.05, 3.63) is 0 Å². The summed E-state index contributed by atoms with van der Waals surface area (Å²) in [5.74, 6) is 1.29. The molecule has 5 rings (SSSR count). The number of hydrogen-bond acceptors (Lipinski definition) is 5. The molecule has 0 aromatic rings. The lowest BCUT2D eigenvalue weighted by Crippen LogP contribution is -2.76. The van der Waals surface area contributed by atoms with Crippen LogP contribution >= 0.6 is 0 Å². The molecule has 2 saturated carbocycles. The van der Waals surface area contributed by atoms with Gasteiger partial charge < -0.3 is 4.79 Å². The zero-order chi connectivity index (χ0) is 15.7. The van der Waals surface area contributed by atoms with E-state index in [4.69, 9.17) is 0 Å². The van der Waals surface area contributed by atoms with Crippen LogP contribution in [-0.4, -0.2) is 72.9 Å². The summed E-state index contributed by atoms with van der Waals surface area (Å²) < 4.78 is 0. The average molecular weight is 314 g/mol. The summed E-state index contributed by atoms with van der Waals surface area (Å²) in [6, 6.07) is 1.24. The van der Waals surface area contributed by atoms with Crippen molar-refractivity contribution in [1.82, 2.24) is 9.80 Å². The van der Waals surface area contributed by atoms with Crippen LogP contribution in [0.15, 0.2) is 9.98 Å². The topological polar surface area (TPSA) is 48.3 Å². The molecule has 0 amide bonds. The summed E-state index contributed by atoms with van der Waals surface area (Å²) in [6.07, 6.45) is 8.28. The van der Waals surface area contributed by atoms with Gasteiger partial charge in [0.1, 0.15) is 12.1 Å². The highest BCUT2D eigenvalue weighted by atomic mass is 16.1. The third-order valence-electron chi connectivity index (χ3n) is 7.00. The number of rotatable bonds is 3. The van der Waals surface area contributed by atoms with Gasteiger partial charge in [0, 0.05) is 49.8 Å². The van der Waals surface area contributed by atoms with Crippen molar-refractivity contribution >= 4 is 18.3 Å². The van der Waals surface area contributed by atoms with Gasteiger partial charge in [-0.1, -0.05) is 0 Å². The zero-order valence-electron chi connectivity index (χ0n) is 13.9. The number of amidine groups is 1. The fraction of sp³-hybridized carbons (Fsp3) is 0.833. The van der Waals surface area contributed by atoms with Gasteiger partial charge in [-0.05, 0) is 38.0 Å². The largest absolute Gasteiger partial charge is 0.303 e. The lowest BCUT2D eigenvalue weighted by atomic mass is 9.49. The van der Waals surface area contributed by atoms with Crippen molar-refractivity contribution in [1.29, 1.82) is 0 Å². The number of hydrogen-bond donors (Lipinski definition) is 0. The monoisotopic (exact) mass is 314 g/mol. The number of carbonyl (C=O) groups is 1. The molecular weight excluding hydrogens is 288 g/mol. The summed E-state index contributed by atoms with van der Waals surface area (Å²) in [5.41, 5.74) is 1.14. The number of aldehydes is 1. The molecule has 2 spiro atoms. The van der Waals surface area contributed by atoms with Gasteiger partial charge in [0.2, 0.25) is 0 Å². The van der Waals surface area contributed by atoms with Crippen LogP contribution in [0.2, 0.25) is 0 Å². The minimum atomic E-state index is 0.377. The van der Waals surface area contributed by atoms with Crippen molar-refractivity contribution in [2.75, 3.05) is 32.7 Å². The minimum absolute atomic E-state index is 0.377. The first-order chi connectivity index (χ1) is 11.1. The van der Waals surface area contributed by atoms with E-state index in [0.29, 0.717) is 22.8 Å². The Morgan fingerprint density at radius 3 is 2.39 bits per heavy atom. The summed E-state index contributed by atoms with van der Waals surface area (Å²) in [7, 11) is 0. The molecule has 0 aromatic heterocycles. The normalized spacial score (nSPS) is 44.9. The first-order valence-corrected chi connectivity index (χ1v) is 9.07. The molecule has 1 atom stereocenters. The molecule has 3 aliphatic heterocycles. The van der Waals surface area contributed by atoms with Crippen LogP contribution in [-0.2, 0) is 4.79 Å². The molecule has 4 fully saturated rings. The molecule has 3 heterocycles. The number of aliphatic imine (C=N–C) groups is 2.